The van der Waals surface area contributed by atoms with E-state index in [0.29, 0.717) is 6.54 Å². The number of hydrogen-bond acceptors (Lipinski definition) is 2. The Bertz CT molecular complexity index is 940. The third kappa shape index (κ3) is 2.35. The van der Waals surface area contributed by atoms with Crippen molar-refractivity contribution in [2.45, 2.75) is 26.5 Å². The van der Waals surface area contributed by atoms with Gasteiger partial charge in [0.25, 0.3) is 5.91 Å². The minimum atomic E-state index is 0.0366. The average Bonchev–Trinajstić information content (AvgIpc) is 3.08. The molecular weight excluding hydrogens is 300 g/mol. The molecule has 24 heavy (non-hydrogen) atoms. The van der Waals surface area contributed by atoms with Crippen molar-refractivity contribution in [2.24, 2.45) is 7.05 Å². The van der Waals surface area contributed by atoms with Gasteiger partial charge in [-0.3, -0.25) is 4.79 Å². The lowest BCUT2D eigenvalue weighted by Crippen LogP contribution is -2.22. The molecule has 2 heterocycles. The van der Waals surface area contributed by atoms with Crippen LogP contribution >= 0.6 is 0 Å². The molecule has 2 aromatic carbocycles. The normalized spacial score (nSPS) is 13.8. The fraction of sp³-hybridized carbons (Fsp3) is 0.250. The number of carbonyl (C=O) groups is 1. The van der Waals surface area contributed by atoms with Gasteiger partial charge < -0.3 is 14.2 Å². The predicted molar refractivity (Wildman–Crippen MR) is 95.6 cm³/mol. The maximum absolute atomic E-state index is 12.8. The van der Waals surface area contributed by atoms with Crippen LogP contribution in [0.1, 0.15) is 29.8 Å². The van der Waals surface area contributed by atoms with Gasteiger partial charge >= 0.3 is 0 Å². The maximum atomic E-state index is 12.8. The van der Waals surface area contributed by atoms with Gasteiger partial charge in [0.15, 0.2) is 0 Å². The minimum absolute atomic E-state index is 0.0366. The lowest BCUT2D eigenvalue weighted by molar-refractivity contribution is 0.0996. The Morgan fingerprint density at radius 3 is 2.71 bits per heavy atom. The number of rotatable bonds is 3. The Balaban J connectivity index is 1.68. The molecule has 0 unspecified atom stereocenters. The Morgan fingerprint density at radius 1 is 1.08 bits per heavy atom. The number of amides is 1. The van der Waals surface area contributed by atoms with E-state index < -0.39 is 0 Å². The van der Waals surface area contributed by atoms with E-state index in [0.717, 1.165) is 33.5 Å². The molecule has 1 aliphatic heterocycles. The van der Waals surface area contributed by atoms with Crippen molar-refractivity contribution in [3.05, 3.63) is 59.8 Å². The number of aryl methyl sites for hydroxylation is 1. The molecule has 3 aromatic rings. The van der Waals surface area contributed by atoms with Crippen LogP contribution in [0.3, 0.4) is 0 Å². The van der Waals surface area contributed by atoms with E-state index in [1.165, 1.54) is 0 Å². The summed E-state index contributed by atoms with van der Waals surface area (Å²) in [6, 6.07) is 14.0. The molecule has 1 aliphatic rings. The first kappa shape index (κ1) is 14.8. The van der Waals surface area contributed by atoms with E-state index in [1.807, 2.05) is 56.3 Å². The number of fused-ring (bicyclic) bond motifs is 2. The smallest absolute Gasteiger partial charge is 0.259 e. The molecule has 0 saturated heterocycles. The maximum Gasteiger partial charge on any atom is 0.259 e. The van der Waals surface area contributed by atoms with Gasteiger partial charge in [-0.15, -0.1) is 0 Å². The van der Waals surface area contributed by atoms with Crippen molar-refractivity contribution in [3.8, 4) is 5.75 Å². The quantitative estimate of drug-likeness (QED) is 0.727. The first-order chi connectivity index (χ1) is 11.5. The minimum Gasteiger partial charge on any atom is -0.491 e. The van der Waals surface area contributed by atoms with Gasteiger partial charge in [-0.05, 0) is 55.8 Å². The summed E-state index contributed by atoms with van der Waals surface area (Å²) in [5, 5.41) is 1.14. The van der Waals surface area contributed by atoms with Crippen molar-refractivity contribution in [1.29, 1.82) is 0 Å². The molecule has 0 aliphatic carbocycles. The van der Waals surface area contributed by atoms with Gasteiger partial charge in [0, 0.05) is 35.4 Å². The number of ether oxygens (including phenoxy) is 1. The Morgan fingerprint density at radius 2 is 1.92 bits per heavy atom. The summed E-state index contributed by atoms with van der Waals surface area (Å²) >= 11 is 0. The van der Waals surface area contributed by atoms with Crippen LogP contribution < -0.4 is 9.64 Å². The lowest BCUT2D eigenvalue weighted by atomic mass is 10.1. The van der Waals surface area contributed by atoms with Crippen LogP contribution in [0.5, 0.6) is 5.75 Å². The second-order valence-electron chi connectivity index (χ2n) is 6.55. The molecule has 4 rings (SSSR count). The topological polar surface area (TPSA) is 34.5 Å². The molecule has 1 aromatic heterocycles. The summed E-state index contributed by atoms with van der Waals surface area (Å²) in [6.45, 7) is 4.57. The van der Waals surface area contributed by atoms with Crippen LogP contribution in [0, 0.1) is 0 Å². The SMILES string of the molecule is CC(C)Oc1ccc2c(c1)C(=O)N(c1ccc3c(ccn3C)c1)C2. The highest BCUT2D eigenvalue weighted by Gasteiger charge is 2.29. The van der Waals surface area contributed by atoms with Gasteiger partial charge in [-0.25, -0.2) is 0 Å². The Hall–Kier alpha value is -2.75. The second kappa shape index (κ2) is 5.41. The molecule has 1 amide bonds. The summed E-state index contributed by atoms with van der Waals surface area (Å²) < 4.78 is 7.79. The van der Waals surface area contributed by atoms with Crippen LogP contribution in [-0.4, -0.2) is 16.6 Å². The number of aromatic nitrogens is 1. The van der Waals surface area contributed by atoms with Crippen LogP contribution in [0.2, 0.25) is 0 Å². The largest absolute Gasteiger partial charge is 0.491 e. The Kier molecular flexibility index (Phi) is 3.34. The first-order valence-electron chi connectivity index (χ1n) is 8.19. The lowest BCUT2D eigenvalue weighted by Gasteiger charge is -2.16. The Labute approximate surface area is 141 Å². The average molecular weight is 320 g/mol. The number of benzene rings is 2. The van der Waals surface area contributed by atoms with Crippen molar-refractivity contribution in [1.82, 2.24) is 4.57 Å². The standard InChI is InChI=1S/C20H20N2O2/c1-13(2)24-17-6-4-15-12-22(20(23)18(15)11-17)16-5-7-19-14(10-16)8-9-21(19)3/h4-11,13H,12H2,1-3H3. The molecular formula is C20H20N2O2. The van der Waals surface area contributed by atoms with Crippen LogP contribution in [0.25, 0.3) is 10.9 Å². The zero-order valence-corrected chi connectivity index (χ0v) is 14.1. The highest BCUT2D eigenvalue weighted by molar-refractivity contribution is 6.10. The van der Waals surface area contributed by atoms with Gasteiger partial charge in [0.05, 0.1) is 12.6 Å². The predicted octanol–water partition coefficient (Wildman–Crippen LogP) is 4.13. The van der Waals surface area contributed by atoms with E-state index >= 15 is 0 Å². The number of nitrogens with zero attached hydrogens (tertiary/aromatic N) is 2. The summed E-state index contributed by atoms with van der Waals surface area (Å²) in [5.74, 6) is 0.784. The first-order valence-corrected chi connectivity index (χ1v) is 8.19. The molecule has 0 N–H and O–H groups in total. The molecule has 0 fully saturated rings. The van der Waals surface area contributed by atoms with Crippen molar-refractivity contribution in [3.63, 3.8) is 0 Å². The molecule has 4 nitrogen and oxygen atoms in total. The molecule has 0 atom stereocenters. The number of anilines is 1. The van der Waals surface area contributed by atoms with E-state index in [2.05, 4.69) is 22.8 Å². The number of hydrogen-bond donors (Lipinski definition) is 0. The zero-order valence-electron chi connectivity index (χ0n) is 14.1. The molecule has 0 radical (unpaired) electrons. The summed E-state index contributed by atoms with van der Waals surface area (Å²) in [5.41, 5.74) is 3.88. The van der Waals surface area contributed by atoms with Crippen LogP contribution in [-0.2, 0) is 13.6 Å². The summed E-state index contributed by atoms with van der Waals surface area (Å²) in [7, 11) is 2.02. The molecule has 122 valence electrons. The highest BCUT2D eigenvalue weighted by atomic mass is 16.5. The molecule has 0 saturated carbocycles. The monoisotopic (exact) mass is 320 g/mol. The van der Waals surface area contributed by atoms with E-state index in [4.69, 9.17) is 4.74 Å². The highest BCUT2D eigenvalue weighted by Crippen LogP contribution is 2.32. The second-order valence-corrected chi connectivity index (χ2v) is 6.55. The van der Waals surface area contributed by atoms with Gasteiger partial charge in [-0.2, -0.15) is 0 Å². The van der Waals surface area contributed by atoms with Crippen LogP contribution in [0.4, 0.5) is 5.69 Å². The third-order valence-corrected chi connectivity index (χ3v) is 4.44. The zero-order chi connectivity index (χ0) is 16.8. The molecule has 0 bridgehead atoms. The summed E-state index contributed by atoms with van der Waals surface area (Å²) in [6.07, 6.45) is 2.13. The fourth-order valence-electron chi connectivity index (χ4n) is 3.27. The van der Waals surface area contributed by atoms with E-state index in [1.54, 1.807) is 0 Å². The molecule has 4 heteroatoms. The van der Waals surface area contributed by atoms with E-state index in [9.17, 15) is 4.79 Å². The summed E-state index contributed by atoms with van der Waals surface area (Å²) in [4.78, 5) is 14.7. The number of carbonyl (C=O) groups excluding carboxylic acids is 1. The van der Waals surface area contributed by atoms with Crippen LogP contribution in [0.15, 0.2) is 48.7 Å². The van der Waals surface area contributed by atoms with Crippen molar-refractivity contribution >= 4 is 22.5 Å². The van der Waals surface area contributed by atoms with Crippen molar-refractivity contribution < 1.29 is 9.53 Å². The van der Waals surface area contributed by atoms with Crippen molar-refractivity contribution in [2.75, 3.05) is 4.90 Å². The molecule has 0 spiro atoms. The van der Waals surface area contributed by atoms with Gasteiger partial charge in [-0.1, -0.05) is 6.07 Å². The third-order valence-electron chi connectivity index (χ3n) is 4.44. The van der Waals surface area contributed by atoms with Gasteiger partial charge in [0.1, 0.15) is 5.75 Å². The van der Waals surface area contributed by atoms with E-state index in [-0.39, 0.29) is 12.0 Å². The fourth-order valence-corrected chi connectivity index (χ4v) is 3.27. The van der Waals surface area contributed by atoms with Gasteiger partial charge in [0.2, 0.25) is 0 Å².